The van der Waals surface area contributed by atoms with Crippen molar-refractivity contribution < 1.29 is 9.53 Å². The van der Waals surface area contributed by atoms with Gasteiger partial charge in [0.1, 0.15) is 6.61 Å². The molecule has 23 heavy (non-hydrogen) atoms. The van der Waals surface area contributed by atoms with Gasteiger partial charge in [0.15, 0.2) is 0 Å². The average Bonchev–Trinajstić information content (AvgIpc) is 2.51. The fourth-order valence-electron chi connectivity index (χ4n) is 2.47. The highest BCUT2D eigenvalue weighted by Crippen LogP contribution is 2.16. The zero-order valence-electron chi connectivity index (χ0n) is 15.3. The summed E-state index contributed by atoms with van der Waals surface area (Å²) in [5, 5.41) is 0. The van der Waals surface area contributed by atoms with Gasteiger partial charge in [-0.05, 0) is 45.8 Å². The van der Waals surface area contributed by atoms with Crippen LogP contribution in [0.15, 0.2) is 30.3 Å². The van der Waals surface area contributed by atoms with Gasteiger partial charge in [0.05, 0.1) is 0 Å². The Bertz CT molecular complexity index is 450. The molecule has 0 radical (unpaired) electrons. The Hall–Kier alpha value is -1.55. The Morgan fingerprint density at radius 1 is 1.04 bits per heavy atom. The van der Waals surface area contributed by atoms with E-state index in [0.29, 0.717) is 13.2 Å². The summed E-state index contributed by atoms with van der Waals surface area (Å²) >= 11 is 0. The maximum absolute atomic E-state index is 12.5. The van der Waals surface area contributed by atoms with Crippen LogP contribution in [0.4, 0.5) is 4.79 Å². The van der Waals surface area contributed by atoms with Crippen LogP contribution in [0.1, 0.15) is 40.2 Å². The third-order valence-corrected chi connectivity index (χ3v) is 4.02. The molecule has 0 aliphatic heterocycles. The molecule has 130 valence electrons. The minimum absolute atomic E-state index is 0.222. The van der Waals surface area contributed by atoms with Gasteiger partial charge in [0, 0.05) is 18.6 Å². The standard InChI is InChI=1S/C19H32N2O2/c1-6-20(7-2)15-16-23-18(22)21(19(3,4)5)14-13-17-11-9-8-10-12-17/h8-12H,6-7,13-16H2,1-5H3. The second-order valence-corrected chi connectivity index (χ2v) is 6.70. The number of hydrogen-bond donors (Lipinski definition) is 0. The number of carbonyl (C=O) groups is 1. The lowest BCUT2D eigenvalue weighted by Crippen LogP contribution is -2.47. The van der Waals surface area contributed by atoms with Gasteiger partial charge in [-0.1, -0.05) is 44.2 Å². The van der Waals surface area contributed by atoms with E-state index >= 15 is 0 Å². The van der Waals surface area contributed by atoms with Gasteiger partial charge >= 0.3 is 6.09 Å². The summed E-state index contributed by atoms with van der Waals surface area (Å²) in [6, 6.07) is 10.2. The lowest BCUT2D eigenvalue weighted by Gasteiger charge is -2.35. The first kappa shape index (κ1) is 19.5. The Morgan fingerprint density at radius 2 is 1.65 bits per heavy atom. The topological polar surface area (TPSA) is 32.8 Å². The van der Waals surface area contributed by atoms with Gasteiger partial charge in [-0.2, -0.15) is 0 Å². The Morgan fingerprint density at radius 3 is 2.17 bits per heavy atom. The van der Waals surface area contributed by atoms with E-state index in [1.807, 2.05) is 43.9 Å². The lowest BCUT2D eigenvalue weighted by molar-refractivity contribution is 0.0616. The quantitative estimate of drug-likeness (QED) is 0.730. The van der Waals surface area contributed by atoms with E-state index in [2.05, 4.69) is 30.9 Å². The predicted molar refractivity (Wildman–Crippen MR) is 95.7 cm³/mol. The fourth-order valence-corrected chi connectivity index (χ4v) is 2.47. The van der Waals surface area contributed by atoms with E-state index in [-0.39, 0.29) is 11.6 Å². The minimum atomic E-state index is -0.249. The van der Waals surface area contributed by atoms with Gasteiger partial charge < -0.3 is 14.5 Å². The first-order valence-corrected chi connectivity index (χ1v) is 8.59. The molecule has 0 N–H and O–H groups in total. The molecular weight excluding hydrogens is 288 g/mol. The van der Waals surface area contributed by atoms with Crippen molar-refractivity contribution in [1.29, 1.82) is 0 Å². The number of rotatable bonds is 8. The number of nitrogens with zero attached hydrogens (tertiary/aromatic N) is 2. The molecule has 0 atom stereocenters. The van der Waals surface area contributed by atoms with Crippen LogP contribution in [-0.2, 0) is 11.2 Å². The molecule has 0 bridgehead atoms. The Balaban J connectivity index is 2.54. The van der Waals surface area contributed by atoms with Crippen molar-refractivity contribution in [2.24, 2.45) is 0 Å². The number of carbonyl (C=O) groups excluding carboxylic acids is 1. The molecule has 0 aliphatic rings. The van der Waals surface area contributed by atoms with E-state index in [1.54, 1.807) is 0 Å². The molecule has 0 fully saturated rings. The van der Waals surface area contributed by atoms with E-state index in [1.165, 1.54) is 5.56 Å². The molecule has 1 rings (SSSR count). The minimum Gasteiger partial charge on any atom is -0.448 e. The second kappa shape index (κ2) is 9.56. The van der Waals surface area contributed by atoms with Gasteiger partial charge in [0.2, 0.25) is 0 Å². The van der Waals surface area contributed by atoms with Crippen LogP contribution in [0.2, 0.25) is 0 Å². The lowest BCUT2D eigenvalue weighted by atomic mass is 10.1. The van der Waals surface area contributed by atoms with Crippen molar-refractivity contribution in [1.82, 2.24) is 9.80 Å². The number of benzene rings is 1. The van der Waals surface area contributed by atoms with Crippen molar-refractivity contribution in [3.8, 4) is 0 Å². The third kappa shape index (κ3) is 7.04. The number of amides is 1. The van der Waals surface area contributed by atoms with Crippen molar-refractivity contribution in [3.63, 3.8) is 0 Å². The zero-order chi connectivity index (χ0) is 17.3. The summed E-state index contributed by atoms with van der Waals surface area (Å²) in [5.74, 6) is 0. The van der Waals surface area contributed by atoms with Crippen LogP contribution in [0, 0.1) is 0 Å². The Kier molecular flexibility index (Phi) is 8.10. The molecular formula is C19H32N2O2. The largest absolute Gasteiger partial charge is 0.448 e. The highest BCUT2D eigenvalue weighted by atomic mass is 16.6. The summed E-state index contributed by atoms with van der Waals surface area (Å²) in [5.41, 5.74) is 0.985. The fraction of sp³-hybridized carbons (Fsp3) is 0.632. The Labute approximate surface area is 141 Å². The zero-order valence-corrected chi connectivity index (χ0v) is 15.3. The first-order valence-electron chi connectivity index (χ1n) is 8.59. The molecule has 1 amide bonds. The smallest absolute Gasteiger partial charge is 0.410 e. The molecule has 0 heterocycles. The van der Waals surface area contributed by atoms with Crippen LogP contribution in [0.25, 0.3) is 0 Å². The maximum atomic E-state index is 12.5. The van der Waals surface area contributed by atoms with Gasteiger partial charge in [-0.15, -0.1) is 0 Å². The second-order valence-electron chi connectivity index (χ2n) is 6.70. The first-order chi connectivity index (χ1) is 10.9. The normalized spacial score (nSPS) is 11.6. The van der Waals surface area contributed by atoms with E-state index in [0.717, 1.165) is 26.1 Å². The highest BCUT2D eigenvalue weighted by Gasteiger charge is 2.27. The maximum Gasteiger partial charge on any atom is 0.410 e. The van der Waals surface area contributed by atoms with Crippen LogP contribution >= 0.6 is 0 Å². The molecule has 4 nitrogen and oxygen atoms in total. The summed E-state index contributed by atoms with van der Waals surface area (Å²) in [6.45, 7) is 14.2. The van der Waals surface area contributed by atoms with Crippen LogP contribution in [0.3, 0.4) is 0 Å². The SMILES string of the molecule is CCN(CC)CCOC(=O)N(CCc1ccccc1)C(C)(C)C. The third-order valence-electron chi connectivity index (χ3n) is 4.02. The van der Waals surface area contributed by atoms with E-state index in [9.17, 15) is 4.79 Å². The number of hydrogen-bond acceptors (Lipinski definition) is 3. The highest BCUT2D eigenvalue weighted by molar-refractivity contribution is 5.68. The summed E-state index contributed by atoms with van der Waals surface area (Å²) < 4.78 is 5.50. The molecule has 4 heteroatoms. The molecule has 1 aromatic rings. The van der Waals surface area contributed by atoms with Crippen molar-refractivity contribution in [3.05, 3.63) is 35.9 Å². The molecule has 0 saturated carbocycles. The summed E-state index contributed by atoms with van der Waals surface area (Å²) in [4.78, 5) is 16.5. The van der Waals surface area contributed by atoms with Gasteiger partial charge in [-0.25, -0.2) is 4.79 Å². The van der Waals surface area contributed by atoms with Gasteiger partial charge in [-0.3, -0.25) is 0 Å². The number of ether oxygens (including phenoxy) is 1. The molecule has 0 spiro atoms. The average molecular weight is 320 g/mol. The summed E-state index contributed by atoms with van der Waals surface area (Å²) in [6.07, 6.45) is 0.615. The molecule has 0 saturated heterocycles. The van der Waals surface area contributed by atoms with Crippen LogP contribution in [0.5, 0.6) is 0 Å². The molecule has 0 aliphatic carbocycles. The van der Waals surface area contributed by atoms with Crippen molar-refractivity contribution >= 4 is 6.09 Å². The predicted octanol–water partition coefficient (Wildman–Crippen LogP) is 3.81. The van der Waals surface area contributed by atoms with E-state index in [4.69, 9.17) is 4.74 Å². The monoisotopic (exact) mass is 320 g/mol. The van der Waals surface area contributed by atoms with E-state index < -0.39 is 0 Å². The van der Waals surface area contributed by atoms with Crippen LogP contribution < -0.4 is 0 Å². The van der Waals surface area contributed by atoms with Gasteiger partial charge in [0.25, 0.3) is 0 Å². The molecule has 1 aromatic carbocycles. The number of likely N-dealkylation sites (N-methyl/N-ethyl adjacent to an activating group) is 1. The summed E-state index contributed by atoms with van der Waals surface area (Å²) in [7, 11) is 0. The van der Waals surface area contributed by atoms with Crippen molar-refractivity contribution in [2.75, 3.05) is 32.8 Å². The van der Waals surface area contributed by atoms with Crippen molar-refractivity contribution in [2.45, 2.75) is 46.6 Å². The molecule has 0 unspecified atom stereocenters. The molecule has 0 aromatic heterocycles. The van der Waals surface area contributed by atoms with Crippen LogP contribution in [-0.4, -0.2) is 54.2 Å².